The van der Waals surface area contributed by atoms with Crippen LogP contribution in [-0.4, -0.2) is 82.3 Å². The SMILES string of the molecule is CN=C(NCCS(=O)(=O)C(C)(C)C)NCC1CN(CC(C)C)CCO1. The van der Waals surface area contributed by atoms with Gasteiger partial charge in [-0.1, -0.05) is 13.8 Å². The second-order valence-corrected chi connectivity index (χ2v) is 10.8. The molecule has 0 saturated carbocycles. The van der Waals surface area contributed by atoms with Crippen LogP contribution in [0.2, 0.25) is 0 Å². The molecule has 1 fully saturated rings. The number of aliphatic imine (C=N–C) groups is 1. The first-order chi connectivity index (χ1) is 11.5. The number of nitrogens with one attached hydrogen (secondary N) is 2. The zero-order valence-corrected chi connectivity index (χ0v) is 17.4. The van der Waals surface area contributed by atoms with Gasteiger partial charge in [0.05, 0.1) is 23.2 Å². The molecule has 1 saturated heterocycles. The van der Waals surface area contributed by atoms with Gasteiger partial charge in [0.25, 0.3) is 0 Å². The highest BCUT2D eigenvalue weighted by Crippen LogP contribution is 2.15. The average Bonchev–Trinajstić information content (AvgIpc) is 2.49. The van der Waals surface area contributed by atoms with Gasteiger partial charge in [-0.25, -0.2) is 8.42 Å². The molecule has 0 spiro atoms. The molecule has 2 N–H and O–H groups in total. The van der Waals surface area contributed by atoms with E-state index in [0.29, 0.717) is 25.0 Å². The van der Waals surface area contributed by atoms with E-state index in [1.807, 2.05) is 0 Å². The Balaban J connectivity index is 2.37. The normalized spacial score (nSPS) is 20.8. The number of hydrogen-bond acceptors (Lipinski definition) is 5. The number of rotatable bonds is 7. The van der Waals surface area contributed by atoms with Gasteiger partial charge in [0.1, 0.15) is 0 Å². The summed E-state index contributed by atoms with van der Waals surface area (Å²) in [6, 6.07) is 0. The Bertz CT molecular complexity index is 527. The van der Waals surface area contributed by atoms with Gasteiger partial charge < -0.3 is 15.4 Å². The average molecular weight is 377 g/mol. The molecule has 0 aliphatic carbocycles. The van der Waals surface area contributed by atoms with Crippen LogP contribution in [0.4, 0.5) is 0 Å². The Kier molecular flexibility index (Phi) is 8.63. The highest BCUT2D eigenvalue weighted by Gasteiger charge is 2.28. The Morgan fingerprint density at radius 3 is 2.56 bits per heavy atom. The fraction of sp³-hybridized carbons (Fsp3) is 0.941. The maximum absolute atomic E-state index is 12.1. The van der Waals surface area contributed by atoms with E-state index in [1.54, 1.807) is 27.8 Å². The molecule has 0 aromatic heterocycles. The van der Waals surface area contributed by atoms with Gasteiger partial charge in [-0.05, 0) is 26.7 Å². The van der Waals surface area contributed by atoms with Crippen LogP contribution in [0.3, 0.4) is 0 Å². The van der Waals surface area contributed by atoms with Gasteiger partial charge in [-0.15, -0.1) is 0 Å². The summed E-state index contributed by atoms with van der Waals surface area (Å²) in [6.45, 7) is 14.3. The molecule has 25 heavy (non-hydrogen) atoms. The second kappa shape index (κ2) is 9.73. The van der Waals surface area contributed by atoms with Crippen molar-refractivity contribution in [1.29, 1.82) is 0 Å². The van der Waals surface area contributed by atoms with Crippen molar-refractivity contribution in [1.82, 2.24) is 15.5 Å². The summed E-state index contributed by atoms with van der Waals surface area (Å²) in [6.07, 6.45) is 0.115. The molecule has 0 aromatic carbocycles. The first-order valence-electron chi connectivity index (χ1n) is 9.06. The molecule has 7 nitrogen and oxygen atoms in total. The molecule has 1 atom stereocenters. The quantitative estimate of drug-likeness (QED) is 0.503. The van der Waals surface area contributed by atoms with Gasteiger partial charge in [0.15, 0.2) is 15.8 Å². The van der Waals surface area contributed by atoms with Crippen LogP contribution in [0.5, 0.6) is 0 Å². The van der Waals surface area contributed by atoms with E-state index >= 15 is 0 Å². The fourth-order valence-corrected chi connectivity index (χ4v) is 3.61. The Morgan fingerprint density at radius 2 is 2.00 bits per heavy atom. The smallest absolute Gasteiger partial charge is 0.191 e. The first-order valence-corrected chi connectivity index (χ1v) is 10.7. The minimum absolute atomic E-state index is 0.0826. The van der Waals surface area contributed by atoms with E-state index in [4.69, 9.17) is 4.74 Å². The molecule has 148 valence electrons. The summed E-state index contributed by atoms with van der Waals surface area (Å²) in [5.74, 6) is 1.33. The zero-order chi connectivity index (χ0) is 19.1. The van der Waals surface area contributed by atoms with Gasteiger partial charge in [-0.3, -0.25) is 9.89 Å². The van der Waals surface area contributed by atoms with E-state index in [1.165, 1.54) is 0 Å². The molecule has 1 rings (SSSR count). The summed E-state index contributed by atoms with van der Waals surface area (Å²) in [7, 11) is -1.45. The van der Waals surface area contributed by atoms with Crippen molar-refractivity contribution >= 4 is 15.8 Å². The topological polar surface area (TPSA) is 83.0 Å². The first kappa shape index (κ1) is 22.2. The van der Waals surface area contributed by atoms with Crippen LogP contribution in [0.15, 0.2) is 4.99 Å². The Hall–Kier alpha value is -0.860. The summed E-state index contributed by atoms with van der Waals surface area (Å²) in [5.41, 5.74) is 0. The fourth-order valence-electron chi connectivity index (χ4n) is 2.63. The number of sulfone groups is 1. The number of nitrogens with zero attached hydrogens (tertiary/aromatic N) is 2. The third kappa shape index (κ3) is 7.92. The number of ether oxygens (including phenoxy) is 1. The van der Waals surface area contributed by atoms with Gasteiger partial charge in [0, 0.05) is 39.8 Å². The maximum Gasteiger partial charge on any atom is 0.191 e. The van der Waals surface area contributed by atoms with Crippen LogP contribution in [0.25, 0.3) is 0 Å². The molecule has 0 bridgehead atoms. The summed E-state index contributed by atoms with van der Waals surface area (Å²) in [5, 5.41) is 6.30. The molecule has 0 aromatic rings. The van der Waals surface area contributed by atoms with Crippen LogP contribution in [0, 0.1) is 5.92 Å². The molecule has 0 amide bonds. The van der Waals surface area contributed by atoms with Crippen molar-refractivity contribution in [2.24, 2.45) is 10.9 Å². The van der Waals surface area contributed by atoms with E-state index < -0.39 is 14.6 Å². The van der Waals surface area contributed by atoms with Crippen LogP contribution in [0.1, 0.15) is 34.6 Å². The zero-order valence-electron chi connectivity index (χ0n) is 16.6. The van der Waals surface area contributed by atoms with E-state index in [2.05, 4.69) is 34.4 Å². The maximum atomic E-state index is 12.1. The van der Waals surface area contributed by atoms with E-state index in [9.17, 15) is 8.42 Å². The minimum atomic E-state index is -3.13. The number of guanidine groups is 1. The standard InChI is InChI=1S/C17H36N4O3S/c1-14(2)12-21-8-9-24-15(13-21)11-20-16(18-6)19-7-10-25(22,23)17(3,4)5/h14-15H,7-13H2,1-6H3,(H2,18,19,20). The summed E-state index contributed by atoms with van der Waals surface area (Å²) >= 11 is 0. The third-order valence-corrected chi connectivity index (χ3v) is 6.77. The second-order valence-electron chi connectivity index (χ2n) is 7.96. The highest BCUT2D eigenvalue weighted by atomic mass is 32.2. The van der Waals surface area contributed by atoms with Crippen molar-refractivity contribution in [3.63, 3.8) is 0 Å². The molecular weight excluding hydrogens is 340 g/mol. The predicted molar refractivity (Wildman–Crippen MR) is 104 cm³/mol. The molecule has 1 aliphatic heterocycles. The molecule has 1 heterocycles. The van der Waals surface area contributed by atoms with Crippen molar-refractivity contribution in [3.8, 4) is 0 Å². The van der Waals surface area contributed by atoms with Crippen LogP contribution < -0.4 is 10.6 Å². The lowest BCUT2D eigenvalue weighted by molar-refractivity contribution is -0.0284. The van der Waals surface area contributed by atoms with Crippen molar-refractivity contribution in [3.05, 3.63) is 0 Å². The van der Waals surface area contributed by atoms with E-state index in [-0.39, 0.29) is 11.9 Å². The minimum Gasteiger partial charge on any atom is -0.374 e. The lowest BCUT2D eigenvalue weighted by atomic mass is 10.2. The Morgan fingerprint density at radius 1 is 1.32 bits per heavy atom. The predicted octanol–water partition coefficient (Wildman–Crippen LogP) is 0.722. The number of morpholine rings is 1. The van der Waals surface area contributed by atoms with Crippen molar-refractivity contribution in [2.75, 3.05) is 52.1 Å². The van der Waals surface area contributed by atoms with E-state index in [0.717, 1.165) is 26.2 Å². The third-order valence-electron chi connectivity index (χ3n) is 4.16. The van der Waals surface area contributed by atoms with Gasteiger partial charge in [-0.2, -0.15) is 0 Å². The Labute approximate surface area is 153 Å². The van der Waals surface area contributed by atoms with Crippen LogP contribution >= 0.6 is 0 Å². The summed E-state index contributed by atoms with van der Waals surface area (Å²) in [4.78, 5) is 6.58. The monoisotopic (exact) mass is 376 g/mol. The molecule has 1 aliphatic rings. The van der Waals surface area contributed by atoms with Crippen molar-refractivity contribution < 1.29 is 13.2 Å². The molecule has 8 heteroatoms. The molecular formula is C17H36N4O3S. The summed E-state index contributed by atoms with van der Waals surface area (Å²) < 4.78 is 29.3. The van der Waals surface area contributed by atoms with Crippen molar-refractivity contribution in [2.45, 2.75) is 45.5 Å². The lowest BCUT2D eigenvalue weighted by Gasteiger charge is -2.34. The largest absolute Gasteiger partial charge is 0.374 e. The van der Waals surface area contributed by atoms with Crippen LogP contribution in [-0.2, 0) is 14.6 Å². The number of hydrogen-bond donors (Lipinski definition) is 2. The van der Waals surface area contributed by atoms with Gasteiger partial charge >= 0.3 is 0 Å². The highest BCUT2D eigenvalue weighted by molar-refractivity contribution is 7.92. The van der Waals surface area contributed by atoms with Gasteiger partial charge in [0.2, 0.25) is 0 Å². The molecule has 1 unspecified atom stereocenters. The lowest BCUT2D eigenvalue weighted by Crippen LogP contribution is -2.50. The molecule has 0 radical (unpaired) electrons.